The number of amides is 2. The molecule has 0 aliphatic heterocycles. The molecule has 0 bridgehead atoms. The summed E-state index contributed by atoms with van der Waals surface area (Å²) < 4.78 is 9.71. The van der Waals surface area contributed by atoms with E-state index in [1.165, 1.54) is 13.3 Å². The maximum absolute atomic E-state index is 12.2. The second-order valence-corrected chi connectivity index (χ2v) is 8.00. The number of methoxy groups -OCH3 is 1. The van der Waals surface area contributed by atoms with Crippen molar-refractivity contribution < 1.29 is 29.0 Å². The van der Waals surface area contributed by atoms with Gasteiger partial charge in [0, 0.05) is 11.3 Å². The quantitative estimate of drug-likeness (QED) is 0.611. The van der Waals surface area contributed by atoms with Gasteiger partial charge in [-0.05, 0) is 45.0 Å². The minimum absolute atomic E-state index is 0.276. The average Bonchev–Trinajstić information content (AvgIpc) is 3.14. The van der Waals surface area contributed by atoms with Gasteiger partial charge in [-0.3, -0.25) is 10.1 Å². The van der Waals surface area contributed by atoms with Crippen molar-refractivity contribution in [3.63, 3.8) is 0 Å². The topological polar surface area (TPSA) is 127 Å². The van der Waals surface area contributed by atoms with E-state index in [2.05, 4.69) is 20.4 Å². The van der Waals surface area contributed by atoms with E-state index < -0.39 is 36.2 Å². The van der Waals surface area contributed by atoms with Gasteiger partial charge in [0.05, 0.1) is 19.9 Å². The van der Waals surface area contributed by atoms with E-state index in [1.807, 2.05) is 0 Å². The Morgan fingerprint density at radius 1 is 1.21 bits per heavy atom. The minimum Gasteiger partial charge on any atom is -0.467 e. The third-order valence-corrected chi connectivity index (χ3v) is 4.53. The predicted octanol–water partition coefficient (Wildman–Crippen LogP) is 2.42. The fourth-order valence-electron chi connectivity index (χ4n) is 2.18. The number of aliphatic hydroxyl groups excluding tert-OH is 1. The molecule has 1 aromatic carbocycles. The fraction of sp³-hybridized carbons (Fsp3) is 0.368. The van der Waals surface area contributed by atoms with E-state index in [1.54, 1.807) is 45.0 Å². The van der Waals surface area contributed by atoms with Gasteiger partial charge in [-0.25, -0.2) is 14.6 Å². The molecular formula is C19H23N3O6S. The third-order valence-electron chi connectivity index (χ3n) is 3.48. The fourth-order valence-corrected chi connectivity index (χ4v) is 3.01. The van der Waals surface area contributed by atoms with Crippen LogP contribution in [0.15, 0.2) is 30.5 Å². The highest BCUT2D eigenvalue weighted by molar-refractivity contribution is 7.16. The molecule has 0 spiro atoms. The van der Waals surface area contributed by atoms with Crippen LogP contribution in [-0.4, -0.2) is 53.4 Å². The number of benzene rings is 1. The van der Waals surface area contributed by atoms with Gasteiger partial charge in [0.2, 0.25) is 0 Å². The summed E-state index contributed by atoms with van der Waals surface area (Å²) in [4.78, 5) is 40.0. The van der Waals surface area contributed by atoms with E-state index in [9.17, 15) is 19.5 Å². The molecule has 0 saturated carbocycles. The van der Waals surface area contributed by atoms with Crippen molar-refractivity contribution >= 4 is 35.0 Å². The van der Waals surface area contributed by atoms with Gasteiger partial charge in [0.1, 0.15) is 15.5 Å². The highest BCUT2D eigenvalue weighted by Crippen LogP contribution is 2.26. The van der Waals surface area contributed by atoms with E-state index in [0.717, 1.165) is 16.9 Å². The Hall–Kier alpha value is -2.98. The van der Waals surface area contributed by atoms with Crippen molar-refractivity contribution in [1.82, 2.24) is 10.3 Å². The molecule has 0 aliphatic carbocycles. The van der Waals surface area contributed by atoms with Gasteiger partial charge in [-0.15, -0.1) is 11.3 Å². The number of carbonyl (C=O) groups is 3. The molecule has 29 heavy (non-hydrogen) atoms. The summed E-state index contributed by atoms with van der Waals surface area (Å²) in [6.45, 7) is 4.76. The average molecular weight is 421 g/mol. The Kier molecular flexibility index (Phi) is 7.29. The molecule has 10 heteroatoms. The van der Waals surface area contributed by atoms with E-state index in [0.29, 0.717) is 10.7 Å². The first kappa shape index (κ1) is 22.3. The van der Waals surface area contributed by atoms with Crippen LogP contribution in [0.2, 0.25) is 0 Å². The summed E-state index contributed by atoms with van der Waals surface area (Å²) >= 11 is 1.12. The number of aliphatic hydroxyl groups is 1. The van der Waals surface area contributed by atoms with Gasteiger partial charge < -0.3 is 19.9 Å². The number of nitrogens with zero attached hydrogens (tertiary/aromatic N) is 1. The lowest BCUT2D eigenvalue weighted by Gasteiger charge is -2.19. The Bertz CT molecular complexity index is 873. The van der Waals surface area contributed by atoms with Crippen LogP contribution in [0.4, 0.5) is 10.5 Å². The molecule has 1 atom stereocenters. The zero-order chi connectivity index (χ0) is 21.6. The van der Waals surface area contributed by atoms with Crippen LogP contribution >= 0.6 is 11.3 Å². The number of carbonyl (C=O) groups excluding carboxylic acids is 3. The van der Waals surface area contributed by atoms with Gasteiger partial charge in [-0.2, -0.15) is 0 Å². The van der Waals surface area contributed by atoms with Crippen LogP contribution in [0, 0.1) is 0 Å². The largest absolute Gasteiger partial charge is 0.467 e. The number of ether oxygens (including phenoxy) is 2. The zero-order valence-corrected chi connectivity index (χ0v) is 17.3. The summed E-state index contributed by atoms with van der Waals surface area (Å²) in [6, 6.07) is 5.74. The van der Waals surface area contributed by atoms with Crippen molar-refractivity contribution in [1.29, 1.82) is 0 Å². The summed E-state index contributed by atoms with van der Waals surface area (Å²) in [5, 5.41) is 14.8. The molecule has 3 N–H and O–H groups in total. The predicted molar refractivity (Wildman–Crippen MR) is 108 cm³/mol. The highest BCUT2D eigenvalue weighted by atomic mass is 32.1. The Labute approximate surface area is 172 Å². The van der Waals surface area contributed by atoms with Crippen molar-refractivity contribution in [3.8, 4) is 10.6 Å². The van der Waals surface area contributed by atoms with Crippen molar-refractivity contribution in [2.75, 3.05) is 19.0 Å². The summed E-state index contributed by atoms with van der Waals surface area (Å²) in [5.41, 5.74) is 0.710. The second-order valence-electron chi connectivity index (χ2n) is 6.97. The van der Waals surface area contributed by atoms with Crippen LogP contribution in [0.5, 0.6) is 0 Å². The number of thiazole rings is 1. The van der Waals surface area contributed by atoms with Crippen molar-refractivity contribution in [3.05, 3.63) is 35.3 Å². The lowest BCUT2D eigenvalue weighted by molar-refractivity contribution is -0.143. The van der Waals surface area contributed by atoms with E-state index >= 15 is 0 Å². The molecule has 0 aliphatic rings. The molecule has 1 heterocycles. The molecule has 0 saturated heterocycles. The number of anilines is 1. The number of rotatable bonds is 6. The Morgan fingerprint density at radius 2 is 1.86 bits per heavy atom. The lowest BCUT2D eigenvalue weighted by Crippen LogP contribution is -2.43. The molecule has 0 radical (unpaired) electrons. The number of esters is 1. The van der Waals surface area contributed by atoms with E-state index in [4.69, 9.17) is 4.74 Å². The molecular weight excluding hydrogens is 398 g/mol. The Morgan fingerprint density at radius 3 is 2.41 bits per heavy atom. The van der Waals surface area contributed by atoms with Gasteiger partial charge in [0.25, 0.3) is 5.91 Å². The Balaban J connectivity index is 2.04. The number of nitrogens with one attached hydrogen (secondary N) is 2. The molecule has 0 fully saturated rings. The molecule has 9 nitrogen and oxygen atoms in total. The number of hydrogen-bond acceptors (Lipinski definition) is 8. The van der Waals surface area contributed by atoms with Crippen LogP contribution in [-0.2, 0) is 14.3 Å². The summed E-state index contributed by atoms with van der Waals surface area (Å²) in [7, 11) is 1.17. The summed E-state index contributed by atoms with van der Waals surface area (Å²) in [6.07, 6.45) is 0.830. The lowest BCUT2D eigenvalue weighted by atomic mass is 10.2. The normalized spacial score (nSPS) is 12.0. The van der Waals surface area contributed by atoms with Gasteiger partial charge in [0.15, 0.2) is 6.04 Å². The first-order valence-corrected chi connectivity index (χ1v) is 9.50. The SMILES string of the molecule is COC(=O)C(CO)NC(=O)c1cnc(-c2ccc(NC(=O)OC(C)(C)C)cc2)s1. The second kappa shape index (κ2) is 9.48. The highest BCUT2D eigenvalue weighted by Gasteiger charge is 2.22. The first-order valence-electron chi connectivity index (χ1n) is 8.68. The molecule has 1 unspecified atom stereocenters. The van der Waals surface area contributed by atoms with Crippen LogP contribution in [0.1, 0.15) is 30.4 Å². The van der Waals surface area contributed by atoms with Crippen molar-refractivity contribution in [2.24, 2.45) is 0 Å². The minimum atomic E-state index is -1.14. The van der Waals surface area contributed by atoms with Gasteiger partial charge in [-0.1, -0.05) is 0 Å². The van der Waals surface area contributed by atoms with Gasteiger partial charge >= 0.3 is 12.1 Å². The smallest absolute Gasteiger partial charge is 0.412 e. The molecule has 1 aromatic heterocycles. The van der Waals surface area contributed by atoms with Crippen LogP contribution < -0.4 is 10.6 Å². The van der Waals surface area contributed by atoms with Crippen LogP contribution in [0.25, 0.3) is 10.6 Å². The standard InChI is InChI=1S/C19H23N3O6S/c1-19(2,3)28-18(26)21-12-7-5-11(6-8-12)16-20-9-14(29-16)15(24)22-13(10-23)17(25)27-4/h5-9,13,23H,10H2,1-4H3,(H,21,26)(H,22,24). The van der Waals surface area contributed by atoms with Crippen LogP contribution in [0.3, 0.4) is 0 Å². The molecule has 2 aromatic rings. The molecule has 2 rings (SSSR count). The maximum atomic E-state index is 12.2. The third kappa shape index (κ3) is 6.54. The maximum Gasteiger partial charge on any atom is 0.412 e. The molecule has 2 amide bonds. The zero-order valence-electron chi connectivity index (χ0n) is 16.5. The number of aromatic nitrogens is 1. The van der Waals surface area contributed by atoms with Crippen molar-refractivity contribution in [2.45, 2.75) is 32.4 Å². The summed E-state index contributed by atoms with van der Waals surface area (Å²) in [5.74, 6) is -1.28. The monoisotopic (exact) mass is 421 g/mol. The number of hydrogen-bond donors (Lipinski definition) is 3. The molecule has 156 valence electrons. The van der Waals surface area contributed by atoms with E-state index in [-0.39, 0.29) is 4.88 Å². The first-order chi connectivity index (χ1) is 13.6.